The van der Waals surface area contributed by atoms with Gasteiger partial charge < -0.3 is 0 Å². The van der Waals surface area contributed by atoms with E-state index in [-0.39, 0.29) is 0 Å². The quantitative estimate of drug-likeness (QED) is 0.765. The van der Waals surface area contributed by atoms with Crippen LogP contribution in [0.3, 0.4) is 0 Å². The van der Waals surface area contributed by atoms with E-state index in [0.717, 1.165) is 18.9 Å². The molecule has 0 spiro atoms. The highest BCUT2D eigenvalue weighted by atomic mass is 15.3. The van der Waals surface area contributed by atoms with Gasteiger partial charge in [0.1, 0.15) is 0 Å². The Morgan fingerprint density at radius 2 is 1.94 bits per heavy atom. The van der Waals surface area contributed by atoms with Crippen molar-refractivity contribution >= 4 is 0 Å². The normalized spacial score (nSPS) is 12.6. The molecule has 2 nitrogen and oxygen atoms in total. The van der Waals surface area contributed by atoms with E-state index in [0.29, 0.717) is 0 Å². The molecule has 0 N–H and O–H groups in total. The molecule has 0 aliphatic heterocycles. The minimum atomic E-state index is 0.740. The minimum absolute atomic E-state index is 0.740. The third-order valence-electron chi connectivity index (χ3n) is 3.16. The van der Waals surface area contributed by atoms with Crippen LogP contribution in [-0.4, -0.2) is 9.78 Å². The maximum absolute atomic E-state index is 4.42. The van der Waals surface area contributed by atoms with E-state index >= 15 is 0 Å². The minimum Gasteiger partial charge on any atom is -0.268 e. The second kappa shape index (κ2) is 5.67. The number of aromatic nitrogens is 2. The Bertz CT molecular complexity index is 445. The molecule has 0 amide bonds. The summed E-state index contributed by atoms with van der Waals surface area (Å²) in [4.78, 5) is 0. The fourth-order valence-corrected chi connectivity index (χ4v) is 1.92. The van der Waals surface area contributed by atoms with Gasteiger partial charge in [-0.1, -0.05) is 50.6 Å². The van der Waals surface area contributed by atoms with Gasteiger partial charge in [0, 0.05) is 6.20 Å². The van der Waals surface area contributed by atoms with Gasteiger partial charge in [-0.05, 0) is 23.5 Å². The van der Waals surface area contributed by atoms with Gasteiger partial charge >= 0.3 is 0 Å². The molecule has 2 aromatic rings. The maximum Gasteiger partial charge on any atom is 0.0659 e. The van der Waals surface area contributed by atoms with Crippen LogP contribution in [0.25, 0.3) is 0 Å². The lowest BCUT2D eigenvalue weighted by molar-refractivity contribution is 0.559. The summed E-state index contributed by atoms with van der Waals surface area (Å²) < 4.78 is 2.02. The van der Waals surface area contributed by atoms with Crippen LogP contribution in [0.1, 0.15) is 31.4 Å². The Labute approximate surface area is 103 Å². The fourth-order valence-electron chi connectivity index (χ4n) is 1.92. The molecule has 0 aliphatic rings. The highest BCUT2D eigenvalue weighted by Gasteiger charge is 2.04. The first-order chi connectivity index (χ1) is 8.28. The number of rotatable bonds is 5. The second-order valence-electron chi connectivity index (χ2n) is 4.75. The second-order valence-corrected chi connectivity index (χ2v) is 4.75. The van der Waals surface area contributed by atoms with Crippen molar-refractivity contribution in [1.82, 2.24) is 9.78 Å². The van der Waals surface area contributed by atoms with Crippen LogP contribution >= 0.6 is 0 Å². The molecule has 1 heterocycles. The SMILES string of the molecule is CCC(C)Cc1cnn(Cc2ccccc2)c1. The molecule has 0 bridgehead atoms. The summed E-state index contributed by atoms with van der Waals surface area (Å²) in [6.45, 7) is 5.38. The summed E-state index contributed by atoms with van der Waals surface area (Å²) in [6.07, 6.45) is 6.52. The summed E-state index contributed by atoms with van der Waals surface area (Å²) in [5.74, 6) is 0.740. The molecular weight excluding hydrogens is 208 g/mol. The molecule has 0 radical (unpaired) electrons. The largest absolute Gasteiger partial charge is 0.268 e. The standard InChI is InChI=1S/C15H20N2/c1-3-13(2)9-15-10-16-17(12-15)11-14-7-5-4-6-8-14/h4-8,10,12-13H,3,9,11H2,1-2H3. The summed E-state index contributed by atoms with van der Waals surface area (Å²) in [6, 6.07) is 10.4. The van der Waals surface area contributed by atoms with E-state index in [1.54, 1.807) is 0 Å². The topological polar surface area (TPSA) is 17.8 Å². The van der Waals surface area contributed by atoms with Crippen LogP contribution in [0.4, 0.5) is 0 Å². The molecule has 17 heavy (non-hydrogen) atoms. The van der Waals surface area contributed by atoms with Crippen LogP contribution in [0.15, 0.2) is 42.7 Å². The van der Waals surface area contributed by atoms with E-state index in [2.05, 4.69) is 49.4 Å². The predicted octanol–water partition coefficient (Wildman–Crippen LogP) is 3.52. The number of benzene rings is 1. The van der Waals surface area contributed by atoms with Gasteiger partial charge in [-0.3, -0.25) is 4.68 Å². The van der Waals surface area contributed by atoms with Crippen molar-refractivity contribution in [3.05, 3.63) is 53.9 Å². The van der Waals surface area contributed by atoms with Gasteiger partial charge in [-0.15, -0.1) is 0 Å². The van der Waals surface area contributed by atoms with Gasteiger partial charge in [-0.25, -0.2) is 0 Å². The number of nitrogens with zero attached hydrogens (tertiary/aromatic N) is 2. The molecule has 1 atom stereocenters. The zero-order valence-corrected chi connectivity index (χ0v) is 10.6. The van der Waals surface area contributed by atoms with Crippen LogP contribution in [0, 0.1) is 5.92 Å². The van der Waals surface area contributed by atoms with Gasteiger partial charge in [0.05, 0.1) is 12.7 Å². The van der Waals surface area contributed by atoms with Crippen molar-refractivity contribution in [2.75, 3.05) is 0 Å². The molecular formula is C15H20N2. The summed E-state index contributed by atoms with van der Waals surface area (Å²) in [7, 11) is 0. The first-order valence-electron chi connectivity index (χ1n) is 6.33. The summed E-state index contributed by atoms with van der Waals surface area (Å²) in [5.41, 5.74) is 2.64. The Morgan fingerprint density at radius 3 is 2.65 bits per heavy atom. The Kier molecular flexibility index (Phi) is 3.97. The molecule has 0 saturated carbocycles. The Balaban J connectivity index is 1.99. The number of hydrogen-bond donors (Lipinski definition) is 0. The first kappa shape index (κ1) is 11.9. The van der Waals surface area contributed by atoms with Crippen molar-refractivity contribution in [3.63, 3.8) is 0 Å². The van der Waals surface area contributed by atoms with E-state index < -0.39 is 0 Å². The molecule has 2 rings (SSSR count). The fraction of sp³-hybridized carbons (Fsp3) is 0.400. The van der Waals surface area contributed by atoms with Crippen molar-refractivity contribution in [1.29, 1.82) is 0 Å². The lowest BCUT2D eigenvalue weighted by atomic mass is 10.0. The van der Waals surface area contributed by atoms with Crippen molar-refractivity contribution < 1.29 is 0 Å². The van der Waals surface area contributed by atoms with Gasteiger partial charge in [-0.2, -0.15) is 5.10 Å². The van der Waals surface area contributed by atoms with E-state index in [4.69, 9.17) is 0 Å². The molecule has 0 aliphatic carbocycles. The molecule has 1 aromatic heterocycles. The lowest BCUT2D eigenvalue weighted by Crippen LogP contribution is -2.00. The van der Waals surface area contributed by atoms with Gasteiger partial charge in [0.2, 0.25) is 0 Å². The van der Waals surface area contributed by atoms with E-state index in [1.807, 2.05) is 16.9 Å². The zero-order chi connectivity index (χ0) is 12.1. The summed E-state index contributed by atoms with van der Waals surface area (Å²) >= 11 is 0. The Hall–Kier alpha value is -1.57. The monoisotopic (exact) mass is 228 g/mol. The van der Waals surface area contributed by atoms with Crippen LogP contribution in [0.5, 0.6) is 0 Å². The van der Waals surface area contributed by atoms with Gasteiger partial charge in [0.15, 0.2) is 0 Å². The van der Waals surface area contributed by atoms with Crippen LogP contribution in [-0.2, 0) is 13.0 Å². The van der Waals surface area contributed by atoms with Crippen molar-refractivity contribution in [3.8, 4) is 0 Å². The molecule has 0 saturated heterocycles. The molecule has 90 valence electrons. The first-order valence-corrected chi connectivity index (χ1v) is 6.33. The summed E-state index contributed by atoms with van der Waals surface area (Å²) in [5, 5.41) is 4.42. The maximum atomic E-state index is 4.42. The third kappa shape index (κ3) is 3.45. The van der Waals surface area contributed by atoms with Crippen molar-refractivity contribution in [2.24, 2.45) is 5.92 Å². The van der Waals surface area contributed by atoms with Gasteiger partial charge in [0.25, 0.3) is 0 Å². The molecule has 1 unspecified atom stereocenters. The third-order valence-corrected chi connectivity index (χ3v) is 3.16. The molecule has 1 aromatic carbocycles. The average molecular weight is 228 g/mol. The molecule has 0 fully saturated rings. The molecule has 2 heteroatoms. The lowest BCUT2D eigenvalue weighted by Gasteiger charge is -2.05. The van der Waals surface area contributed by atoms with E-state index in [1.165, 1.54) is 17.5 Å². The van der Waals surface area contributed by atoms with Crippen molar-refractivity contribution in [2.45, 2.75) is 33.2 Å². The average Bonchev–Trinajstić information content (AvgIpc) is 2.77. The predicted molar refractivity (Wildman–Crippen MR) is 70.9 cm³/mol. The Morgan fingerprint density at radius 1 is 1.18 bits per heavy atom. The highest BCUT2D eigenvalue weighted by Crippen LogP contribution is 2.11. The smallest absolute Gasteiger partial charge is 0.0659 e. The van der Waals surface area contributed by atoms with Crippen LogP contribution < -0.4 is 0 Å². The van der Waals surface area contributed by atoms with Crippen LogP contribution in [0.2, 0.25) is 0 Å². The van der Waals surface area contributed by atoms with E-state index in [9.17, 15) is 0 Å². The zero-order valence-electron chi connectivity index (χ0n) is 10.6. The number of hydrogen-bond acceptors (Lipinski definition) is 1. The highest BCUT2D eigenvalue weighted by molar-refractivity contribution is 5.15.